The largest absolute Gasteiger partial charge is 0.379 e. The van der Waals surface area contributed by atoms with Crippen LogP contribution in [0.4, 0.5) is 0 Å². The Labute approximate surface area is 166 Å². The lowest BCUT2D eigenvalue weighted by Crippen LogP contribution is -2.47. The molecule has 0 bridgehead atoms. The highest BCUT2D eigenvalue weighted by atomic mass is 32.2. The minimum absolute atomic E-state index is 0.0693. The van der Waals surface area contributed by atoms with Crippen molar-refractivity contribution >= 4 is 17.7 Å². The molecule has 0 unspecified atom stereocenters. The van der Waals surface area contributed by atoms with Crippen LogP contribution in [0.15, 0.2) is 53.4 Å². The molecule has 27 heavy (non-hydrogen) atoms. The van der Waals surface area contributed by atoms with Crippen LogP contribution in [0.3, 0.4) is 0 Å². The highest BCUT2D eigenvalue weighted by Crippen LogP contribution is 2.30. The lowest BCUT2D eigenvalue weighted by atomic mass is 10.0. The van der Waals surface area contributed by atoms with Gasteiger partial charge in [-0.15, -0.1) is 11.8 Å². The van der Waals surface area contributed by atoms with Crippen LogP contribution in [0, 0.1) is 0 Å². The summed E-state index contributed by atoms with van der Waals surface area (Å²) in [6.07, 6.45) is 2.08. The molecule has 5 heteroatoms. The Hall–Kier alpha value is -1.82. The summed E-state index contributed by atoms with van der Waals surface area (Å²) in [6, 6.07) is 16.6. The van der Waals surface area contributed by atoms with Gasteiger partial charge in [0, 0.05) is 43.2 Å². The van der Waals surface area contributed by atoms with E-state index >= 15 is 0 Å². The number of likely N-dealkylation sites (N-methyl/N-ethyl adjacent to an activating group) is 1. The summed E-state index contributed by atoms with van der Waals surface area (Å²) in [5, 5.41) is 0. The third kappa shape index (κ3) is 4.92. The van der Waals surface area contributed by atoms with Gasteiger partial charge in [-0.1, -0.05) is 30.3 Å². The maximum absolute atomic E-state index is 12.8. The molecule has 0 N–H and O–H groups in total. The standard InChI is InChI=1S/C22H28N2O2S/c1-17(24-12-14-26-15-13-24)16-23(2)22(25)19-10-8-18(9-11-19)20-6-4-5-7-21(20)27-3/h4-11,17H,12-16H2,1-3H3/t17-/m0/s1. The third-order valence-electron chi connectivity index (χ3n) is 5.10. The van der Waals surface area contributed by atoms with Crippen molar-refractivity contribution in [2.45, 2.75) is 17.9 Å². The number of hydrogen-bond donors (Lipinski definition) is 0. The average Bonchev–Trinajstić information content (AvgIpc) is 2.73. The van der Waals surface area contributed by atoms with Crippen LogP contribution in [0.5, 0.6) is 0 Å². The molecule has 2 aromatic carbocycles. The van der Waals surface area contributed by atoms with E-state index in [4.69, 9.17) is 4.74 Å². The number of carbonyl (C=O) groups is 1. The van der Waals surface area contributed by atoms with Gasteiger partial charge in [0.1, 0.15) is 0 Å². The lowest BCUT2D eigenvalue weighted by molar-refractivity contribution is 0.0142. The van der Waals surface area contributed by atoms with Gasteiger partial charge in [0.15, 0.2) is 0 Å². The van der Waals surface area contributed by atoms with Crippen LogP contribution in [0.25, 0.3) is 11.1 Å². The van der Waals surface area contributed by atoms with E-state index in [9.17, 15) is 4.79 Å². The van der Waals surface area contributed by atoms with Crippen molar-refractivity contribution in [3.8, 4) is 11.1 Å². The molecule has 0 aromatic heterocycles. The molecule has 1 heterocycles. The zero-order chi connectivity index (χ0) is 19.2. The maximum atomic E-state index is 12.8. The topological polar surface area (TPSA) is 32.8 Å². The molecule has 1 aliphatic heterocycles. The van der Waals surface area contributed by atoms with E-state index in [-0.39, 0.29) is 5.91 Å². The van der Waals surface area contributed by atoms with Crippen molar-refractivity contribution in [2.75, 3.05) is 46.2 Å². The van der Waals surface area contributed by atoms with Crippen molar-refractivity contribution in [1.82, 2.24) is 9.80 Å². The van der Waals surface area contributed by atoms with E-state index in [1.807, 2.05) is 36.2 Å². The van der Waals surface area contributed by atoms with Crippen LogP contribution in [-0.4, -0.2) is 67.9 Å². The molecule has 0 spiro atoms. The molecule has 0 saturated carbocycles. The second-order valence-electron chi connectivity index (χ2n) is 6.96. The molecule has 0 aliphatic carbocycles. The van der Waals surface area contributed by atoms with Crippen LogP contribution >= 0.6 is 11.8 Å². The smallest absolute Gasteiger partial charge is 0.253 e. The fourth-order valence-corrected chi connectivity index (χ4v) is 4.13. The maximum Gasteiger partial charge on any atom is 0.253 e. The van der Waals surface area contributed by atoms with Gasteiger partial charge in [0.25, 0.3) is 5.91 Å². The molecule has 2 aromatic rings. The van der Waals surface area contributed by atoms with Crippen LogP contribution < -0.4 is 0 Å². The molecule has 1 amide bonds. The summed E-state index contributed by atoms with van der Waals surface area (Å²) in [4.78, 5) is 18.3. The van der Waals surface area contributed by atoms with E-state index in [1.54, 1.807) is 11.8 Å². The summed E-state index contributed by atoms with van der Waals surface area (Å²) in [6.45, 7) is 6.33. The summed E-state index contributed by atoms with van der Waals surface area (Å²) < 4.78 is 5.41. The van der Waals surface area contributed by atoms with Gasteiger partial charge in [-0.2, -0.15) is 0 Å². The Bertz CT molecular complexity index is 757. The summed E-state index contributed by atoms with van der Waals surface area (Å²) in [5.74, 6) is 0.0693. The Morgan fingerprint density at radius 3 is 2.48 bits per heavy atom. The minimum atomic E-state index is 0.0693. The Balaban J connectivity index is 1.66. The normalized spacial score (nSPS) is 16.1. The zero-order valence-corrected chi connectivity index (χ0v) is 17.2. The van der Waals surface area contributed by atoms with Gasteiger partial charge in [0.2, 0.25) is 0 Å². The van der Waals surface area contributed by atoms with E-state index < -0.39 is 0 Å². The molecule has 1 atom stereocenters. The predicted molar refractivity (Wildman–Crippen MR) is 112 cm³/mol. The first-order valence-electron chi connectivity index (χ1n) is 9.41. The third-order valence-corrected chi connectivity index (χ3v) is 5.90. The fourth-order valence-electron chi connectivity index (χ4n) is 3.51. The van der Waals surface area contributed by atoms with Crippen molar-refractivity contribution in [3.05, 3.63) is 54.1 Å². The molecule has 144 valence electrons. The second kappa shape index (κ2) is 9.40. The van der Waals surface area contributed by atoms with Gasteiger partial charge >= 0.3 is 0 Å². The van der Waals surface area contributed by atoms with Gasteiger partial charge in [-0.3, -0.25) is 9.69 Å². The molecular formula is C22H28N2O2S. The van der Waals surface area contributed by atoms with Crippen molar-refractivity contribution in [2.24, 2.45) is 0 Å². The molecule has 3 rings (SSSR count). The molecule has 1 aliphatic rings. The van der Waals surface area contributed by atoms with E-state index in [2.05, 4.69) is 42.3 Å². The highest BCUT2D eigenvalue weighted by molar-refractivity contribution is 7.98. The summed E-state index contributed by atoms with van der Waals surface area (Å²) in [7, 11) is 1.89. The van der Waals surface area contributed by atoms with Crippen LogP contribution in [0.1, 0.15) is 17.3 Å². The number of amides is 1. The Morgan fingerprint density at radius 1 is 1.15 bits per heavy atom. The van der Waals surface area contributed by atoms with Crippen molar-refractivity contribution in [1.29, 1.82) is 0 Å². The number of carbonyl (C=O) groups excluding carboxylic acids is 1. The molecule has 4 nitrogen and oxygen atoms in total. The van der Waals surface area contributed by atoms with Crippen molar-refractivity contribution in [3.63, 3.8) is 0 Å². The number of benzene rings is 2. The van der Waals surface area contributed by atoms with E-state index in [0.717, 1.165) is 44.0 Å². The number of hydrogen-bond acceptors (Lipinski definition) is 4. The number of nitrogens with zero attached hydrogens (tertiary/aromatic N) is 2. The number of thioether (sulfide) groups is 1. The first kappa shape index (κ1) is 19.9. The predicted octanol–water partition coefficient (Wildman–Crippen LogP) is 3.87. The van der Waals surface area contributed by atoms with Gasteiger partial charge in [-0.25, -0.2) is 0 Å². The fraction of sp³-hybridized carbons (Fsp3) is 0.409. The first-order chi connectivity index (χ1) is 13.1. The Kier molecular flexibility index (Phi) is 6.94. The number of ether oxygens (including phenoxy) is 1. The van der Waals surface area contributed by atoms with E-state index in [0.29, 0.717) is 6.04 Å². The SMILES string of the molecule is CSc1ccccc1-c1ccc(C(=O)N(C)C[C@H](C)N2CCOCC2)cc1. The van der Waals surface area contributed by atoms with Crippen LogP contribution in [-0.2, 0) is 4.74 Å². The zero-order valence-electron chi connectivity index (χ0n) is 16.4. The van der Waals surface area contributed by atoms with Gasteiger partial charge in [0.05, 0.1) is 13.2 Å². The van der Waals surface area contributed by atoms with Crippen LogP contribution in [0.2, 0.25) is 0 Å². The Morgan fingerprint density at radius 2 is 1.81 bits per heavy atom. The quantitative estimate of drug-likeness (QED) is 0.708. The first-order valence-corrected chi connectivity index (χ1v) is 10.6. The second-order valence-corrected chi connectivity index (χ2v) is 7.81. The molecule has 1 saturated heterocycles. The number of morpholine rings is 1. The van der Waals surface area contributed by atoms with Crippen molar-refractivity contribution < 1.29 is 9.53 Å². The molecule has 0 radical (unpaired) electrons. The van der Waals surface area contributed by atoms with E-state index in [1.165, 1.54) is 10.5 Å². The van der Waals surface area contributed by atoms with Gasteiger partial charge < -0.3 is 9.64 Å². The number of rotatable bonds is 6. The average molecular weight is 385 g/mol. The molecular weight excluding hydrogens is 356 g/mol. The lowest BCUT2D eigenvalue weighted by Gasteiger charge is -2.34. The highest BCUT2D eigenvalue weighted by Gasteiger charge is 2.21. The summed E-state index contributed by atoms with van der Waals surface area (Å²) in [5.41, 5.74) is 3.08. The molecule has 1 fully saturated rings. The summed E-state index contributed by atoms with van der Waals surface area (Å²) >= 11 is 1.74. The van der Waals surface area contributed by atoms with Gasteiger partial charge in [-0.05, 0) is 42.5 Å². The minimum Gasteiger partial charge on any atom is -0.379 e. The monoisotopic (exact) mass is 384 g/mol.